The number of aromatic nitrogens is 1. The molecule has 0 saturated heterocycles. The van der Waals surface area contributed by atoms with E-state index >= 15 is 0 Å². The van der Waals surface area contributed by atoms with E-state index in [1.54, 1.807) is 19.1 Å². The summed E-state index contributed by atoms with van der Waals surface area (Å²) in [5.41, 5.74) is 3.25. The number of carbonyl (C=O) groups is 1. The Morgan fingerprint density at radius 1 is 1.25 bits per heavy atom. The molecular weight excluding hydrogens is 495 g/mol. The average molecular weight is 528 g/mol. The summed E-state index contributed by atoms with van der Waals surface area (Å²) in [7, 11) is -3.65. The number of nitrogens with one attached hydrogen (secondary N) is 1. The lowest BCUT2D eigenvalue weighted by Gasteiger charge is -2.40. The van der Waals surface area contributed by atoms with E-state index in [0.29, 0.717) is 16.8 Å². The van der Waals surface area contributed by atoms with Crippen LogP contribution in [0.1, 0.15) is 67.6 Å². The largest absolute Gasteiger partial charge is 0.417 e. The number of sulfone groups is 1. The van der Waals surface area contributed by atoms with E-state index in [9.17, 15) is 31.5 Å². The molecule has 1 aromatic carbocycles. The van der Waals surface area contributed by atoms with E-state index in [1.807, 2.05) is 0 Å². The van der Waals surface area contributed by atoms with E-state index in [-0.39, 0.29) is 17.0 Å². The number of hydrogen-bond acceptors (Lipinski definition) is 6. The Kier molecular flexibility index (Phi) is 7.24. The minimum absolute atomic E-state index is 0.0916. The zero-order valence-corrected chi connectivity index (χ0v) is 21.7. The monoisotopic (exact) mass is 527 g/mol. The summed E-state index contributed by atoms with van der Waals surface area (Å²) in [4.78, 5) is 16.0. The lowest BCUT2D eigenvalue weighted by molar-refractivity contribution is -0.270. The molecule has 0 aliphatic carbocycles. The molecule has 198 valence electrons. The van der Waals surface area contributed by atoms with Gasteiger partial charge in [0, 0.05) is 18.0 Å². The van der Waals surface area contributed by atoms with E-state index < -0.39 is 57.1 Å². The number of alkyl halides is 3. The second-order valence-electron chi connectivity index (χ2n) is 10.5. The number of anilines is 1. The van der Waals surface area contributed by atoms with Crippen molar-refractivity contribution in [2.75, 3.05) is 5.32 Å². The van der Waals surface area contributed by atoms with Crippen LogP contribution in [0.25, 0.3) is 0 Å². The number of nitrogens with zero attached hydrogens (tertiary/aromatic N) is 1. The molecule has 7 nitrogen and oxygen atoms in total. The van der Waals surface area contributed by atoms with Gasteiger partial charge in [0.15, 0.2) is 20.5 Å². The fraction of sp³-hybridized carbons (Fsp3) is 0.520. The minimum Gasteiger partial charge on any atom is -0.380 e. The van der Waals surface area contributed by atoms with E-state index in [4.69, 9.17) is 5.73 Å². The fourth-order valence-corrected chi connectivity index (χ4v) is 5.79. The Morgan fingerprint density at radius 3 is 2.44 bits per heavy atom. The Bertz CT molecular complexity index is 1280. The fourth-order valence-electron chi connectivity index (χ4n) is 4.80. The van der Waals surface area contributed by atoms with Crippen molar-refractivity contribution in [3.63, 3.8) is 0 Å². The Balaban J connectivity index is 1.90. The van der Waals surface area contributed by atoms with E-state index in [2.05, 4.69) is 10.3 Å². The molecule has 2 atom stereocenters. The predicted molar refractivity (Wildman–Crippen MR) is 131 cm³/mol. The summed E-state index contributed by atoms with van der Waals surface area (Å²) < 4.78 is 67.8. The standard InChI is InChI=1S/C25H32F3N3O4S/c1-14(2)36(34,35)21-10-16-9-17(31-20(16)12-30-21)11-24(33,25(26,27)28)13-23(4,5)19-7-6-15(3)8-18(19)22(29)32/h6-8,10,12,14,17,31,33H,9,11,13H2,1-5H3,(H2,29,32). The molecule has 3 rings (SSSR count). The predicted octanol–water partition coefficient (Wildman–Crippen LogP) is 4.06. The first kappa shape index (κ1) is 27.9. The number of hydrogen-bond donors (Lipinski definition) is 3. The molecule has 1 aromatic heterocycles. The summed E-state index contributed by atoms with van der Waals surface area (Å²) in [6.45, 7) is 7.85. The number of nitrogens with two attached hydrogens (primary N) is 1. The van der Waals surface area contributed by atoms with Crippen molar-refractivity contribution in [1.82, 2.24) is 4.98 Å². The molecule has 4 N–H and O–H groups in total. The van der Waals surface area contributed by atoms with Gasteiger partial charge in [0.1, 0.15) is 0 Å². The van der Waals surface area contributed by atoms with Gasteiger partial charge >= 0.3 is 6.18 Å². The van der Waals surface area contributed by atoms with Crippen LogP contribution in [0, 0.1) is 6.92 Å². The summed E-state index contributed by atoms with van der Waals surface area (Å²) in [6.07, 6.45) is -4.98. The number of aryl methyl sites for hydroxylation is 1. The Labute approximate surface area is 209 Å². The van der Waals surface area contributed by atoms with Gasteiger partial charge in [0.25, 0.3) is 0 Å². The van der Waals surface area contributed by atoms with Gasteiger partial charge in [-0.1, -0.05) is 31.5 Å². The van der Waals surface area contributed by atoms with Crippen molar-refractivity contribution in [2.24, 2.45) is 5.73 Å². The number of benzene rings is 1. The minimum atomic E-state index is -4.97. The highest BCUT2D eigenvalue weighted by Crippen LogP contribution is 2.46. The average Bonchev–Trinajstić information content (AvgIpc) is 3.13. The summed E-state index contributed by atoms with van der Waals surface area (Å²) in [5.74, 6) is -0.759. The van der Waals surface area contributed by atoms with Crippen LogP contribution < -0.4 is 11.1 Å². The first-order chi connectivity index (χ1) is 16.4. The van der Waals surface area contributed by atoms with Crippen LogP contribution in [0.3, 0.4) is 0 Å². The second kappa shape index (κ2) is 9.33. The van der Waals surface area contributed by atoms with Crippen LogP contribution in [0.15, 0.2) is 35.5 Å². The molecule has 0 fully saturated rings. The van der Waals surface area contributed by atoms with Crippen molar-refractivity contribution in [1.29, 1.82) is 0 Å². The third kappa shape index (κ3) is 5.36. The van der Waals surface area contributed by atoms with Crippen LogP contribution >= 0.6 is 0 Å². The second-order valence-corrected chi connectivity index (χ2v) is 13.0. The normalized spacial score (nSPS) is 18.0. The number of halogens is 3. The van der Waals surface area contributed by atoms with Gasteiger partial charge in [-0.25, -0.2) is 13.4 Å². The molecule has 1 aliphatic heterocycles. The smallest absolute Gasteiger partial charge is 0.380 e. The summed E-state index contributed by atoms with van der Waals surface area (Å²) in [6, 6.07) is 5.34. The van der Waals surface area contributed by atoms with Gasteiger partial charge in [-0.2, -0.15) is 13.2 Å². The first-order valence-corrected chi connectivity index (χ1v) is 13.1. The van der Waals surface area contributed by atoms with Crippen molar-refractivity contribution >= 4 is 21.4 Å². The van der Waals surface area contributed by atoms with Gasteiger partial charge in [-0.15, -0.1) is 0 Å². The number of fused-ring (bicyclic) bond motifs is 1. The van der Waals surface area contributed by atoms with E-state index in [1.165, 1.54) is 46.0 Å². The summed E-state index contributed by atoms with van der Waals surface area (Å²) >= 11 is 0. The van der Waals surface area contributed by atoms with Crippen LogP contribution in [0.2, 0.25) is 0 Å². The van der Waals surface area contributed by atoms with Crippen LogP contribution in [-0.4, -0.2) is 47.5 Å². The number of pyridine rings is 1. The molecule has 2 aromatic rings. The summed E-state index contributed by atoms with van der Waals surface area (Å²) in [5, 5.41) is 13.1. The maximum absolute atomic E-state index is 14.3. The van der Waals surface area contributed by atoms with Gasteiger partial charge in [0.05, 0.1) is 17.1 Å². The third-order valence-corrected chi connectivity index (χ3v) is 8.77. The molecule has 2 unspecified atom stereocenters. The van der Waals surface area contributed by atoms with Crippen molar-refractivity contribution in [3.8, 4) is 0 Å². The van der Waals surface area contributed by atoms with Gasteiger partial charge < -0.3 is 16.2 Å². The SMILES string of the molecule is Cc1ccc(C(C)(C)CC(O)(CC2Cc3cc(S(=O)(=O)C(C)C)ncc3N2)C(F)(F)F)c(C(N)=O)c1. The highest BCUT2D eigenvalue weighted by atomic mass is 32.2. The van der Waals surface area contributed by atoms with Crippen molar-refractivity contribution < 1.29 is 31.5 Å². The lowest BCUT2D eigenvalue weighted by atomic mass is 9.71. The number of carbonyl (C=O) groups excluding carboxylic acids is 1. The highest BCUT2D eigenvalue weighted by Gasteiger charge is 2.57. The molecular formula is C25H32F3N3O4S. The van der Waals surface area contributed by atoms with Crippen molar-refractivity contribution in [3.05, 3.63) is 52.7 Å². The molecule has 0 bridgehead atoms. The van der Waals surface area contributed by atoms with Crippen molar-refractivity contribution in [2.45, 2.75) is 87.4 Å². The number of rotatable bonds is 8. The molecule has 2 heterocycles. The zero-order valence-electron chi connectivity index (χ0n) is 20.9. The molecule has 0 spiro atoms. The highest BCUT2D eigenvalue weighted by molar-refractivity contribution is 7.91. The Morgan fingerprint density at radius 2 is 1.89 bits per heavy atom. The third-order valence-electron chi connectivity index (χ3n) is 6.72. The van der Waals surface area contributed by atoms with E-state index in [0.717, 1.165) is 5.56 Å². The zero-order chi connectivity index (χ0) is 27.3. The van der Waals surface area contributed by atoms with Crippen LogP contribution in [-0.2, 0) is 21.7 Å². The molecule has 1 amide bonds. The number of aliphatic hydroxyl groups is 1. The maximum atomic E-state index is 14.3. The molecule has 0 saturated carbocycles. The molecule has 36 heavy (non-hydrogen) atoms. The topological polar surface area (TPSA) is 122 Å². The van der Waals surface area contributed by atoms with Gasteiger partial charge in [0.2, 0.25) is 5.91 Å². The van der Waals surface area contributed by atoms with Crippen LogP contribution in [0.5, 0.6) is 0 Å². The first-order valence-electron chi connectivity index (χ1n) is 11.6. The quantitative estimate of drug-likeness (QED) is 0.476. The molecule has 1 aliphatic rings. The Hall–Kier alpha value is -2.66. The molecule has 11 heteroatoms. The van der Waals surface area contributed by atoms with Gasteiger partial charge in [-0.05, 0) is 62.3 Å². The van der Waals surface area contributed by atoms with Gasteiger partial charge in [-0.3, -0.25) is 4.79 Å². The van der Waals surface area contributed by atoms with Crippen LogP contribution in [0.4, 0.5) is 18.9 Å². The molecule has 0 radical (unpaired) electrons. The maximum Gasteiger partial charge on any atom is 0.417 e. The lowest BCUT2D eigenvalue weighted by Crippen LogP contribution is -2.52. The number of primary amides is 1. The number of amides is 1.